The molecule has 2 atom stereocenters. The molecule has 0 bridgehead atoms. The third kappa shape index (κ3) is 3.79. The van der Waals surface area contributed by atoms with E-state index < -0.39 is 5.97 Å². The third-order valence-electron chi connectivity index (χ3n) is 4.14. The Kier molecular flexibility index (Phi) is 5.53. The quantitative estimate of drug-likeness (QED) is 0.867. The van der Waals surface area contributed by atoms with Crippen LogP contribution in [0.25, 0.3) is 0 Å². The lowest BCUT2D eigenvalue weighted by atomic mass is 9.93. The van der Waals surface area contributed by atoms with Crippen LogP contribution in [0.2, 0.25) is 0 Å². The molecule has 1 saturated heterocycles. The van der Waals surface area contributed by atoms with Crippen molar-refractivity contribution in [2.45, 2.75) is 45.1 Å². The van der Waals surface area contributed by atoms with Crippen LogP contribution in [0.15, 0.2) is 24.5 Å². The molecule has 0 aromatic carbocycles. The average molecular weight is 276 g/mol. The van der Waals surface area contributed by atoms with Crippen molar-refractivity contribution >= 4 is 5.97 Å². The van der Waals surface area contributed by atoms with Crippen molar-refractivity contribution in [1.82, 2.24) is 9.88 Å². The maximum absolute atomic E-state index is 11.2. The van der Waals surface area contributed by atoms with E-state index in [1.54, 1.807) is 6.20 Å². The van der Waals surface area contributed by atoms with Crippen LogP contribution in [0.5, 0.6) is 0 Å². The summed E-state index contributed by atoms with van der Waals surface area (Å²) >= 11 is 0. The molecule has 4 heteroatoms. The summed E-state index contributed by atoms with van der Waals surface area (Å²) in [6, 6.07) is 4.38. The van der Waals surface area contributed by atoms with Crippen LogP contribution in [0.4, 0.5) is 0 Å². The third-order valence-corrected chi connectivity index (χ3v) is 4.14. The van der Waals surface area contributed by atoms with Crippen molar-refractivity contribution in [3.63, 3.8) is 0 Å². The van der Waals surface area contributed by atoms with Crippen LogP contribution in [0.1, 0.15) is 50.6 Å². The molecule has 1 aliphatic rings. The fraction of sp³-hybridized carbons (Fsp3) is 0.625. The molecule has 0 saturated carbocycles. The zero-order valence-electron chi connectivity index (χ0n) is 12.2. The molecule has 1 fully saturated rings. The summed E-state index contributed by atoms with van der Waals surface area (Å²) < 4.78 is 0. The van der Waals surface area contributed by atoms with Gasteiger partial charge in [0.05, 0.1) is 5.92 Å². The molecule has 20 heavy (non-hydrogen) atoms. The second kappa shape index (κ2) is 7.39. The highest BCUT2D eigenvalue weighted by molar-refractivity contribution is 5.70. The van der Waals surface area contributed by atoms with Crippen LogP contribution in [0, 0.1) is 5.92 Å². The normalized spacial score (nSPS) is 21.6. The highest BCUT2D eigenvalue weighted by atomic mass is 16.4. The fourth-order valence-electron chi connectivity index (χ4n) is 3.02. The van der Waals surface area contributed by atoms with Crippen LogP contribution < -0.4 is 0 Å². The SMILES string of the molecule is CCCCC(c1cccnc1)N1CCCC(C(=O)O)C1. The molecule has 2 unspecified atom stereocenters. The number of hydrogen-bond acceptors (Lipinski definition) is 3. The Balaban J connectivity index is 2.11. The summed E-state index contributed by atoms with van der Waals surface area (Å²) in [5.41, 5.74) is 1.21. The summed E-state index contributed by atoms with van der Waals surface area (Å²) in [6.45, 7) is 3.85. The Morgan fingerprint density at radius 3 is 3.10 bits per heavy atom. The van der Waals surface area contributed by atoms with Gasteiger partial charge in [-0.05, 0) is 37.4 Å². The maximum atomic E-state index is 11.2. The minimum Gasteiger partial charge on any atom is -0.481 e. The van der Waals surface area contributed by atoms with Crippen molar-refractivity contribution < 1.29 is 9.90 Å². The van der Waals surface area contributed by atoms with Gasteiger partial charge in [0.15, 0.2) is 0 Å². The van der Waals surface area contributed by atoms with Gasteiger partial charge in [0.25, 0.3) is 0 Å². The van der Waals surface area contributed by atoms with Crippen molar-refractivity contribution in [2.24, 2.45) is 5.92 Å². The van der Waals surface area contributed by atoms with E-state index in [0.717, 1.165) is 38.6 Å². The molecule has 0 aliphatic carbocycles. The number of rotatable bonds is 6. The lowest BCUT2D eigenvalue weighted by Gasteiger charge is -2.37. The minimum absolute atomic E-state index is 0.218. The second-order valence-electron chi connectivity index (χ2n) is 5.62. The van der Waals surface area contributed by atoms with E-state index >= 15 is 0 Å². The minimum atomic E-state index is -0.657. The lowest BCUT2D eigenvalue weighted by Crippen LogP contribution is -2.41. The van der Waals surface area contributed by atoms with E-state index in [0.29, 0.717) is 12.6 Å². The number of aromatic nitrogens is 1. The Morgan fingerprint density at radius 2 is 2.45 bits per heavy atom. The first-order valence-corrected chi connectivity index (χ1v) is 7.59. The van der Waals surface area contributed by atoms with Crippen molar-refractivity contribution in [3.8, 4) is 0 Å². The summed E-state index contributed by atoms with van der Waals surface area (Å²) in [7, 11) is 0. The Morgan fingerprint density at radius 1 is 1.60 bits per heavy atom. The van der Waals surface area contributed by atoms with Gasteiger partial charge in [-0.15, -0.1) is 0 Å². The lowest BCUT2D eigenvalue weighted by molar-refractivity contribution is -0.144. The van der Waals surface area contributed by atoms with Crippen LogP contribution >= 0.6 is 0 Å². The molecule has 2 rings (SSSR count). The molecule has 1 aromatic heterocycles. The number of unbranched alkanes of at least 4 members (excludes halogenated alkanes) is 1. The zero-order chi connectivity index (χ0) is 14.4. The smallest absolute Gasteiger partial charge is 0.307 e. The second-order valence-corrected chi connectivity index (χ2v) is 5.62. The molecular weight excluding hydrogens is 252 g/mol. The topological polar surface area (TPSA) is 53.4 Å². The van der Waals surface area contributed by atoms with Gasteiger partial charge < -0.3 is 5.11 Å². The van der Waals surface area contributed by atoms with Crippen LogP contribution in [-0.4, -0.2) is 34.0 Å². The first-order chi connectivity index (χ1) is 9.72. The monoisotopic (exact) mass is 276 g/mol. The van der Waals surface area contributed by atoms with Gasteiger partial charge in [0.1, 0.15) is 0 Å². The predicted molar refractivity (Wildman–Crippen MR) is 78.4 cm³/mol. The van der Waals surface area contributed by atoms with Crippen LogP contribution in [-0.2, 0) is 4.79 Å². The van der Waals surface area contributed by atoms with Gasteiger partial charge in [0, 0.05) is 25.0 Å². The molecule has 1 aromatic rings. The summed E-state index contributed by atoms with van der Waals surface area (Å²) in [4.78, 5) is 17.8. The summed E-state index contributed by atoms with van der Waals surface area (Å²) in [5, 5.41) is 9.25. The number of piperidine rings is 1. The molecule has 0 radical (unpaired) electrons. The van der Waals surface area contributed by atoms with Crippen molar-refractivity contribution in [2.75, 3.05) is 13.1 Å². The molecule has 0 spiro atoms. The fourth-order valence-corrected chi connectivity index (χ4v) is 3.02. The molecule has 2 heterocycles. The Hall–Kier alpha value is -1.42. The first-order valence-electron chi connectivity index (χ1n) is 7.59. The van der Waals surface area contributed by atoms with E-state index in [-0.39, 0.29) is 5.92 Å². The molecule has 110 valence electrons. The van der Waals surface area contributed by atoms with Crippen molar-refractivity contribution in [1.29, 1.82) is 0 Å². The van der Waals surface area contributed by atoms with Crippen LogP contribution in [0.3, 0.4) is 0 Å². The molecular formula is C16H24N2O2. The molecule has 1 N–H and O–H groups in total. The largest absolute Gasteiger partial charge is 0.481 e. The van der Waals surface area contributed by atoms with E-state index in [1.165, 1.54) is 5.56 Å². The summed E-state index contributed by atoms with van der Waals surface area (Å²) in [6.07, 6.45) is 8.88. The van der Waals surface area contributed by atoms with E-state index in [4.69, 9.17) is 0 Å². The Bertz CT molecular complexity index is 422. The van der Waals surface area contributed by atoms with Gasteiger partial charge in [-0.1, -0.05) is 25.8 Å². The van der Waals surface area contributed by atoms with Gasteiger partial charge in [-0.2, -0.15) is 0 Å². The predicted octanol–water partition coefficient (Wildman–Crippen LogP) is 3.11. The first kappa shape index (κ1) is 15.0. The van der Waals surface area contributed by atoms with Gasteiger partial charge in [-0.25, -0.2) is 0 Å². The van der Waals surface area contributed by atoms with Gasteiger partial charge in [0.2, 0.25) is 0 Å². The van der Waals surface area contributed by atoms with E-state index in [9.17, 15) is 9.90 Å². The number of aliphatic carboxylic acids is 1. The highest BCUT2D eigenvalue weighted by Gasteiger charge is 2.30. The number of hydrogen-bond donors (Lipinski definition) is 1. The van der Waals surface area contributed by atoms with Gasteiger partial charge >= 0.3 is 5.97 Å². The maximum Gasteiger partial charge on any atom is 0.307 e. The number of nitrogens with zero attached hydrogens (tertiary/aromatic N) is 2. The molecule has 0 amide bonds. The highest BCUT2D eigenvalue weighted by Crippen LogP contribution is 2.30. The number of pyridine rings is 1. The van der Waals surface area contributed by atoms with E-state index in [2.05, 4.69) is 22.9 Å². The van der Waals surface area contributed by atoms with E-state index in [1.807, 2.05) is 12.3 Å². The standard InChI is InChI=1S/C16H24N2O2/c1-2-3-8-15(13-6-4-9-17-11-13)18-10-5-7-14(12-18)16(19)20/h4,6,9,11,14-15H,2-3,5,7-8,10,12H2,1H3,(H,19,20). The number of carboxylic acids is 1. The number of carboxylic acid groups (broad SMARTS) is 1. The Labute approximate surface area is 120 Å². The number of likely N-dealkylation sites (tertiary alicyclic amines) is 1. The number of carbonyl (C=O) groups is 1. The van der Waals surface area contributed by atoms with Crippen molar-refractivity contribution in [3.05, 3.63) is 30.1 Å². The average Bonchev–Trinajstić information content (AvgIpc) is 2.49. The van der Waals surface area contributed by atoms with Gasteiger partial charge in [-0.3, -0.25) is 14.7 Å². The summed E-state index contributed by atoms with van der Waals surface area (Å²) in [5.74, 6) is -0.875. The zero-order valence-corrected chi connectivity index (χ0v) is 12.2. The molecule has 4 nitrogen and oxygen atoms in total. The molecule has 1 aliphatic heterocycles.